The molecule has 0 aliphatic heterocycles. The summed E-state index contributed by atoms with van der Waals surface area (Å²) in [6.07, 6.45) is -1.15. The molecule has 4 rings (SSSR count). The van der Waals surface area contributed by atoms with E-state index in [1.165, 1.54) is 6.20 Å². The van der Waals surface area contributed by atoms with Crippen molar-refractivity contribution >= 4 is 23.3 Å². The minimum atomic E-state index is -2.83. The third-order valence-corrected chi connectivity index (χ3v) is 4.82. The molecule has 10 nitrogen and oxygen atoms in total. The van der Waals surface area contributed by atoms with E-state index in [0.717, 1.165) is 5.56 Å². The van der Waals surface area contributed by atoms with Crippen LogP contribution in [0.3, 0.4) is 0 Å². The van der Waals surface area contributed by atoms with Gasteiger partial charge < -0.3 is 14.9 Å². The van der Waals surface area contributed by atoms with Crippen LogP contribution in [0.4, 0.5) is 19.3 Å². The first-order valence-electron chi connectivity index (χ1n) is 9.75. The van der Waals surface area contributed by atoms with Crippen LogP contribution in [0, 0.1) is 6.92 Å². The van der Waals surface area contributed by atoms with Gasteiger partial charge in [0.1, 0.15) is 17.9 Å². The molecule has 0 saturated heterocycles. The van der Waals surface area contributed by atoms with E-state index in [-0.39, 0.29) is 17.6 Å². The number of anilines is 1. The van der Waals surface area contributed by atoms with Crippen LogP contribution in [0.5, 0.6) is 0 Å². The Kier molecular flexibility index (Phi) is 5.98. The molecule has 170 valence electrons. The summed E-state index contributed by atoms with van der Waals surface area (Å²) in [6, 6.07) is 10.5. The second-order valence-corrected chi connectivity index (χ2v) is 7.12. The number of aryl methyl sites for hydroxylation is 1. The molecule has 3 heterocycles. The monoisotopic (exact) mass is 456 g/mol. The van der Waals surface area contributed by atoms with Crippen molar-refractivity contribution in [3.63, 3.8) is 0 Å². The van der Waals surface area contributed by atoms with Gasteiger partial charge in [0.15, 0.2) is 0 Å². The van der Waals surface area contributed by atoms with Gasteiger partial charge in [0.25, 0.3) is 12.3 Å². The third-order valence-electron chi connectivity index (χ3n) is 4.82. The SMILES string of the molecule is Cc1ccc(-c2noc(CN(CC(F)F)C(=O)O)n2)cc1NC(=O)c1cnc2ccccn12. The second kappa shape index (κ2) is 9.02. The van der Waals surface area contributed by atoms with Crippen LogP contribution < -0.4 is 5.32 Å². The molecule has 0 aliphatic rings. The molecule has 1 aromatic carbocycles. The molecular formula is C21H18F2N6O4. The van der Waals surface area contributed by atoms with Gasteiger partial charge in [-0.3, -0.25) is 14.1 Å². The zero-order valence-electron chi connectivity index (χ0n) is 17.3. The van der Waals surface area contributed by atoms with Crippen molar-refractivity contribution in [1.29, 1.82) is 0 Å². The molecule has 33 heavy (non-hydrogen) atoms. The lowest BCUT2D eigenvalue weighted by Crippen LogP contribution is -2.33. The lowest BCUT2D eigenvalue weighted by Gasteiger charge is -2.15. The highest BCUT2D eigenvalue weighted by atomic mass is 19.3. The summed E-state index contributed by atoms with van der Waals surface area (Å²) in [5, 5.41) is 15.7. The molecule has 0 bridgehead atoms. The second-order valence-electron chi connectivity index (χ2n) is 7.12. The predicted molar refractivity (Wildman–Crippen MR) is 112 cm³/mol. The fourth-order valence-electron chi connectivity index (χ4n) is 3.16. The zero-order valence-corrected chi connectivity index (χ0v) is 17.3. The minimum absolute atomic E-state index is 0.123. The van der Waals surface area contributed by atoms with Gasteiger partial charge in [0.05, 0.1) is 12.7 Å². The lowest BCUT2D eigenvalue weighted by atomic mass is 10.1. The maximum absolute atomic E-state index is 12.8. The van der Waals surface area contributed by atoms with E-state index in [0.29, 0.717) is 27.5 Å². The first kappa shape index (κ1) is 21.9. The summed E-state index contributed by atoms with van der Waals surface area (Å²) >= 11 is 0. The molecule has 2 amide bonds. The van der Waals surface area contributed by atoms with E-state index in [1.54, 1.807) is 40.9 Å². The van der Waals surface area contributed by atoms with Gasteiger partial charge in [-0.15, -0.1) is 0 Å². The number of carbonyl (C=O) groups is 2. The number of nitrogens with one attached hydrogen (secondary N) is 1. The van der Waals surface area contributed by atoms with Crippen molar-refractivity contribution in [1.82, 2.24) is 24.4 Å². The van der Waals surface area contributed by atoms with Crippen LogP contribution in [0.2, 0.25) is 0 Å². The van der Waals surface area contributed by atoms with Gasteiger partial charge in [-0.1, -0.05) is 23.4 Å². The minimum Gasteiger partial charge on any atom is -0.465 e. The van der Waals surface area contributed by atoms with Crippen LogP contribution in [0.15, 0.2) is 53.3 Å². The van der Waals surface area contributed by atoms with Gasteiger partial charge >= 0.3 is 6.09 Å². The normalized spacial score (nSPS) is 11.2. The largest absolute Gasteiger partial charge is 0.465 e. The zero-order chi connectivity index (χ0) is 23.5. The molecule has 2 N–H and O–H groups in total. The first-order valence-corrected chi connectivity index (χ1v) is 9.75. The van der Waals surface area contributed by atoms with Crippen molar-refractivity contribution < 1.29 is 28.0 Å². The maximum atomic E-state index is 12.8. The molecule has 3 aromatic heterocycles. The number of halogens is 2. The highest BCUT2D eigenvalue weighted by Gasteiger charge is 2.21. The average Bonchev–Trinajstić information content (AvgIpc) is 3.41. The average molecular weight is 456 g/mol. The Bertz CT molecular complexity index is 1320. The first-order chi connectivity index (χ1) is 15.8. The third kappa shape index (κ3) is 4.79. The number of carboxylic acid groups (broad SMARTS) is 1. The fourth-order valence-corrected chi connectivity index (χ4v) is 3.16. The number of benzene rings is 1. The molecule has 12 heteroatoms. The van der Waals surface area contributed by atoms with E-state index in [1.807, 2.05) is 13.0 Å². The van der Waals surface area contributed by atoms with E-state index >= 15 is 0 Å². The Morgan fingerprint density at radius 1 is 1.27 bits per heavy atom. The predicted octanol–water partition coefficient (Wildman–Crippen LogP) is 3.69. The molecule has 0 unspecified atom stereocenters. The van der Waals surface area contributed by atoms with Crippen molar-refractivity contribution in [3.05, 3.63) is 65.9 Å². The summed E-state index contributed by atoms with van der Waals surface area (Å²) < 4.78 is 31.9. The van der Waals surface area contributed by atoms with Crippen molar-refractivity contribution in [2.75, 3.05) is 11.9 Å². The standard InChI is InChI=1S/C21H18F2N6O4/c1-12-5-6-13(19-26-18(33-27-19)11-28(21(31)32)10-16(22)23)8-14(12)25-20(30)15-9-24-17-4-2-3-7-29(15)17/h2-9,16H,10-11H2,1H3,(H,25,30)(H,31,32). The van der Waals surface area contributed by atoms with Crippen LogP contribution in [-0.4, -0.2) is 54.5 Å². The number of pyridine rings is 1. The summed E-state index contributed by atoms with van der Waals surface area (Å²) in [6.45, 7) is 0.359. The van der Waals surface area contributed by atoms with Crippen LogP contribution >= 0.6 is 0 Å². The number of amides is 2. The van der Waals surface area contributed by atoms with Crippen LogP contribution in [0.25, 0.3) is 17.0 Å². The Balaban J connectivity index is 1.54. The number of nitrogens with zero attached hydrogens (tertiary/aromatic N) is 5. The highest BCUT2D eigenvalue weighted by molar-refractivity contribution is 6.04. The number of aromatic nitrogens is 4. The molecule has 0 atom stereocenters. The van der Waals surface area contributed by atoms with Gasteiger partial charge in [0, 0.05) is 17.4 Å². The number of alkyl halides is 2. The molecule has 0 radical (unpaired) electrons. The van der Waals surface area contributed by atoms with E-state index in [2.05, 4.69) is 20.4 Å². The molecule has 0 saturated carbocycles. The Morgan fingerprint density at radius 3 is 2.85 bits per heavy atom. The fraction of sp³-hybridized carbons (Fsp3) is 0.190. The van der Waals surface area contributed by atoms with Crippen molar-refractivity contribution in [3.8, 4) is 11.4 Å². The molecule has 4 aromatic rings. The smallest absolute Gasteiger partial charge is 0.407 e. The summed E-state index contributed by atoms with van der Waals surface area (Å²) in [5.41, 5.74) is 2.75. The number of fused-ring (bicyclic) bond motifs is 1. The van der Waals surface area contributed by atoms with E-state index in [4.69, 9.17) is 9.63 Å². The van der Waals surface area contributed by atoms with Gasteiger partial charge in [-0.2, -0.15) is 4.98 Å². The van der Waals surface area contributed by atoms with E-state index in [9.17, 15) is 18.4 Å². The topological polar surface area (TPSA) is 126 Å². The number of carbonyl (C=O) groups excluding carboxylic acids is 1. The maximum Gasteiger partial charge on any atom is 0.407 e. The molecular weight excluding hydrogens is 438 g/mol. The highest BCUT2D eigenvalue weighted by Crippen LogP contribution is 2.24. The molecule has 0 aliphatic carbocycles. The van der Waals surface area contributed by atoms with Crippen molar-refractivity contribution in [2.45, 2.75) is 19.9 Å². The van der Waals surface area contributed by atoms with Crippen LogP contribution in [0.1, 0.15) is 21.9 Å². The van der Waals surface area contributed by atoms with Gasteiger partial charge in [-0.25, -0.2) is 18.6 Å². The summed E-state index contributed by atoms with van der Waals surface area (Å²) in [7, 11) is 0. The molecule has 0 fully saturated rings. The number of hydrogen-bond donors (Lipinski definition) is 2. The lowest BCUT2D eigenvalue weighted by molar-refractivity contribution is 0.0723. The Labute approximate surface area is 185 Å². The number of imidazole rings is 1. The Hall–Kier alpha value is -4.35. The van der Waals surface area contributed by atoms with Crippen molar-refractivity contribution in [2.24, 2.45) is 0 Å². The number of hydrogen-bond acceptors (Lipinski definition) is 6. The Morgan fingerprint density at radius 2 is 2.09 bits per heavy atom. The van der Waals surface area contributed by atoms with E-state index < -0.39 is 25.6 Å². The summed E-state index contributed by atoms with van der Waals surface area (Å²) in [5.74, 6) is -0.380. The van der Waals surface area contributed by atoms with Crippen LogP contribution in [-0.2, 0) is 6.54 Å². The summed E-state index contributed by atoms with van der Waals surface area (Å²) in [4.78, 5) is 32.7. The van der Waals surface area contributed by atoms with Gasteiger partial charge in [0.2, 0.25) is 11.7 Å². The quantitative estimate of drug-likeness (QED) is 0.434. The molecule has 0 spiro atoms. The van der Waals surface area contributed by atoms with Gasteiger partial charge in [-0.05, 0) is 30.7 Å². The number of rotatable bonds is 7.